The molecule has 48 valence electrons. The molecule has 5 nitrogen and oxygen atoms in total. The number of carbonyl (C=O) groups is 1. The third-order valence-corrected chi connectivity index (χ3v) is 0.482. The van der Waals surface area contributed by atoms with E-state index in [4.69, 9.17) is 10.2 Å². The SMILES string of the molecule is NC(=O)NC(O)CO. The third kappa shape index (κ3) is 3.38. The average Bonchev–Trinajstić information content (AvgIpc) is 1.65. The van der Waals surface area contributed by atoms with Gasteiger partial charge in [0, 0.05) is 0 Å². The smallest absolute Gasteiger partial charge is 0.314 e. The summed E-state index contributed by atoms with van der Waals surface area (Å²) in [4.78, 5) is 9.81. The highest BCUT2D eigenvalue weighted by molar-refractivity contribution is 5.71. The van der Waals surface area contributed by atoms with E-state index in [1.54, 1.807) is 0 Å². The van der Waals surface area contributed by atoms with E-state index in [1.807, 2.05) is 5.32 Å². The van der Waals surface area contributed by atoms with Gasteiger partial charge in [0.05, 0.1) is 6.61 Å². The zero-order valence-corrected chi connectivity index (χ0v) is 4.16. The topological polar surface area (TPSA) is 95.6 Å². The van der Waals surface area contributed by atoms with E-state index in [2.05, 4.69) is 5.73 Å². The lowest BCUT2D eigenvalue weighted by Crippen LogP contribution is -2.40. The van der Waals surface area contributed by atoms with Crippen molar-refractivity contribution in [3.63, 3.8) is 0 Å². The monoisotopic (exact) mass is 120 g/mol. The summed E-state index contributed by atoms with van der Waals surface area (Å²) in [6.45, 7) is -0.525. The molecule has 0 radical (unpaired) electrons. The molecule has 0 aromatic heterocycles. The predicted octanol–water partition coefficient (Wildman–Crippen LogP) is -2.03. The standard InChI is InChI=1S/C3H8N2O3/c4-3(8)5-2(7)1-6/h2,6-7H,1H2,(H3,4,5,8). The third-order valence-electron chi connectivity index (χ3n) is 0.482. The van der Waals surface area contributed by atoms with Crippen molar-refractivity contribution in [1.82, 2.24) is 5.32 Å². The molecule has 0 aliphatic heterocycles. The fraction of sp³-hybridized carbons (Fsp3) is 0.667. The summed E-state index contributed by atoms with van der Waals surface area (Å²) in [7, 11) is 0. The summed E-state index contributed by atoms with van der Waals surface area (Å²) >= 11 is 0. The van der Waals surface area contributed by atoms with Crippen LogP contribution in [0.1, 0.15) is 0 Å². The van der Waals surface area contributed by atoms with Gasteiger partial charge in [-0.2, -0.15) is 0 Å². The molecule has 0 aromatic carbocycles. The zero-order chi connectivity index (χ0) is 6.57. The summed E-state index contributed by atoms with van der Waals surface area (Å²) in [6.07, 6.45) is -1.24. The Morgan fingerprint density at radius 3 is 2.50 bits per heavy atom. The van der Waals surface area contributed by atoms with E-state index in [-0.39, 0.29) is 0 Å². The highest BCUT2D eigenvalue weighted by Gasteiger charge is 2.00. The molecule has 1 atom stereocenters. The Balaban J connectivity index is 3.24. The summed E-state index contributed by atoms with van der Waals surface area (Å²) in [5, 5.41) is 18.3. The average molecular weight is 120 g/mol. The number of aliphatic hydroxyl groups excluding tert-OH is 2. The molecular weight excluding hydrogens is 112 g/mol. The van der Waals surface area contributed by atoms with Crippen molar-refractivity contribution in [3.05, 3.63) is 0 Å². The van der Waals surface area contributed by atoms with E-state index < -0.39 is 18.9 Å². The van der Waals surface area contributed by atoms with Gasteiger partial charge in [0.15, 0.2) is 6.23 Å². The van der Waals surface area contributed by atoms with E-state index in [9.17, 15) is 4.79 Å². The van der Waals surface area contributed by atoms with Gasteiger partial charge >= 0.3 is 6.03 Å². The highest BCUT2D eigenvalue weighted by atomic mass is 16.3. The van der Waals surface area contributed by atoms with Crippen LogP contribution in [-0.4, -0.2) is 29.1 Å². The minimum Gasteiger partial charge on any atom is -0.392 e. The number of amides is 2. The van der Waals surface area contributed by atoms with Crippen LogP contribution in [0.15, 0.2) is 0 Å². The van der Waals surface area contributed by atoms with Crippen LogP contribution in [0.25, 0.3) is 0 Å². The molecule has 1 unspecified atom stereocenters. The molecule has 2 amide bonds. The second kappa shape index (κ2) is 3.23. The molecule has 8 heavy (non-hydrogen) atoms. The zero-order valence-electron chi connectivity index (χ0n) is 4.16. The van der Waals surface area contributed by atoms with Crippen LogP contribution in [0, 0.1) is 0 Å². The van der Waals surface area contributed by atoms with Crippen LogP contribution in [0.5, 0.6) is 0 Å². The molecule has 0 rings (SSSR count). The van der Waals surface area contributed by atoms with E-state index in [0.717, 1.165) is 0 Å². The van der Waals surface area contributed by atoms with Gasteiger partial charge in [-0.1, -0.05) is 0 Å². The quantitative estimate of drug-likeness (QED) is 0.316. The molecule has 0 aliphatic carbocycles. The predicted molar refractivity (Wildman–Crippen MR) is 25.8 cm³/mol. The first-order valence-electron chi connectivity index (χ1n) is 2.01. The Morgan fingerprint density at radius 2 is 2.38 bits per heavy atom. The molecule has 0 saturated heterocycles. The summed E-state index contributed by atoms with van der Waals surface area (Å²) in [6, 6.07) is -0.855. The molecule has 5 heteroatoms. The van der Waals surface area contributed by atoms with Crippen LogP contribution in [0.4, 0.5) is 4.79 Å². The number of nitrogens with two attached hydrogens (primary N) is 1. The number of nitrogens with one attached hydrogen (secondary N) is 1. The number of hydrogen-bond acceptors (Lipinski definition) is 3. The first-order valence-corrected chi connectivity index (χ1v) is 2.01. The van der Waals surface area contributed by atoms with Gasteiger partial charge in [-0.3, -0.25) is 0 Å². The Morgan fingerprint density at radius 1 is 1.88 bits per heavy atom. The Labute approximate surface area is 46.1 Å². The van der Waals surface area contributed by atoms with E-state index in [1.165, 1.54) is 0 Å². The van der Waals surface area contributed by atoms with Gasteiger partial charge in [-0.25, -0.2) is 4.79 Å². The maximum atomic E-state index is 9.81. The van der Waals surface area contributed by atoms with Gasteiger partial charge in [-0.15, -0.1) is 0 Å². The van der Waals surface area contributed by atoms with E-state index in [0.29, 0.717) is 0 Å². The van der Waals surface area contributed by atoms with Crippen molar-refractivity contribution in [1.29, 1.82) is 0 Å². The molecule has 0 heterocycles. The molecule has 0 saturated carbocycles. The Kier molecular flexibility index (Phi) is 2.90. The van der Waals surface area contributed by atoms with Gasteiger partial charge in [0.1, 0.15) is 0 Å². The lowest BCUT2D eigenvalue weighted by Gasteiger charge is -2.04. The Hall–Kier alpha value is -0.810. The van der Waals surface area contributed by atoms with Crippen LogP contribution in [0.2, 0.25) is 0 Å². The molecule has 0 fully saturated rings. The van der Waals surface area contributed by atoms with Gasteiger partial charge < -0.3 is 21.3 Å². The molecule has 0 aliphatic rings. The normalized spacial score (nSPS) is 12.8. The number of primary amides is 1. The minimum absolute atomic E-state index is 0.525. The van der Waals surface area contributed by atoms with Crippen molar-refractivity contribution in [2.75, 3.05) is 6.61 Å². The maximum absolute atomic E-state index is 9.81. The Bertz CT molecular complexity index is 84.6. The van der Waals surface area contributed by atoms with Crippen molar-refractivity contribution < 1.29 is 15.0 Å². The molecule has 5 N–H and O–H groups in total. The van der Waals surface area contributed by atoms with Crippen LogP contribution in [-0.2, 0) is 0 Å². The summed E-state index contributed by atoms with van der Waals surface area (Å²) < 4.78 is 0. The van der Waals surface area contributed by atoms with Crippen LogP contribution in [0.3, 0.4) is 0 Å². The number of urea groups is 1. The molecular formula is C3H8N2O3. The molecule has 0 aromatic rings. The maximum Gasteiger partial charge on any atom is 0.314 e. The summed E-state index contributed by atoms with van der Waals surface area (Å²) in [5.41, 5.74) is 4.55. The highest BCUT2D eigenvalue weighted by Crippen LogP contribution is 1.68. The first kappa shape index (κ1) is 7.19. The fourth-order valence-corrected chi connectivity index (χ4v) is 0.210. The first-order chi connectivity index (χ1) is 3.66. The largest absolute Gasteiger partial charge is 0.392 e. The second-order valence-electron chi connectivity index (χ2n) is 1.21. The van der Waals surface area contributed by atoms with Crippen molar-refractivity contribution in [3.8, 4) is 0 Å². The lowest BCUT2D eigenvalue weighted by molar-refractivity contribution is 0.0766. The van der Waals surface area contributed by atoms with Gasteiger partial charge in [-0.05, 0) is 0 Å². The van der Waals surface area contributed by atoms with E-state index >= 15 is 0 Å². The lowest BCUT2D eigenvalue weighted by atomic mass is 10.6. The van der Waals surface area contributed by atoms with Crippen LogP contribution < -0.4 is 11.1 Å². The number of hydrogen-bond donors (Lipinski definition) is 4. The minimum atomic E-state index is -1.24. The van der Waals surface area contributed by atoms with Gasteiger partial charge in [0.2, 0.25) is 0 Å². The van der Waals surface area contributed by atoms with Crippen molar-refractivity contribution in [2.24, 2.45) is 5.73 Å². The summed E-state index contributed by atoms with van der Waals surface area (Å²) in [5.74, 6) is 0. The van der Waals surface area contributed by atoms with Crippen molar-refractivity contribution in [2.45, 2.75) is 6.23 Å². The number of carbonyl (C=O) groups excluding carboxylic acids is 1. The second-order valence-corrected chi connectivity index (χ2v) is 1.21. The van der Waals surface area contributed by atoms with Crippen LogP contribution >= 0.6 is 0 Å². The van der Waals surface area contributed by atoms with Crippen molar-refractivity contribution >= 4 is 6.03 Å². The molecule has 0 spiro atoms. The number of aliphatic hydroxyl groups is 2. The number of rotatable bonds is 2. The molecule has 0 bridgehead atoms. The fourth-order valence-electron chi connectivity index (χ4n) is 0.210. The van der Waals surface area contributed by atoms with Gasteiger partial charge in [0.25, 0.3) is 0 Å².